The number of allylic oxidation sites excluding steroid dienone is 4. The summed E-state index contributed by atoms with van der Waals surface area (Å²) < 4.78 is 1.45. The van der Waals surface area contributed by atoms with E-state index >= 15 is 0 Å². The summed E-state index contributed by atoms with van der Waals surface area (Å²) in [6.45, 7) is 6.03. The molecule has 0 aromatic heterocycles. The number of hydrogen-bond donors (Lipinski definition) is 1. The van der Waals surface area contributed by atoms with Crippen molar-refractivity contribution in [1.82, 2.24) is 0 Å². The second-order valence-electron chi connectivity index (χ2n) is 13.7. The Morgan fingerprint density at radius 2 is 1.08 bits per heavy atom. The number of nitriles is 2. The Morgan fingerprint density at radius 3 is 1.55 bits per heavy atom. The number of rotatable bonds is 9. The summed E-state index contributed by atoms with van der Waals surface area (Å²) in [4.78, 5) is 4.55. The fraction of sp³-hybridized carbons (Fsp3) is 0.106. The van der Waals surface area contributed by atoms with E-state index in [9.17, 15) is 10.5 Å². The van der Waals surface area contributed by atoms with Crippen LogP contribution in [-0.2, 0) is 0 Å². The number of anilines is 5. The van der Waals surface area contributed by atoms with Gasteiger partial charge in [-0.15, -0.1) is 0 Å². The molecule has 0 unspecified atom stereocenters. The van der Waals surface area contributed by atoms with Crippen molar-refractivity contribution in [3.63, 3.8) is 0 Å². The van der Waals surface area contributed by atoms with Gasteiger partial charge in [-0.3, -0.25) is 0 Å². The van der Waals surface area contributed by atoms with Gasteiger partial charge in [-0.1, -0.05) is 18.7 Å². The topological polar surface area (TPSA) is 80.1 Å². The molecule has 0 saturated heterocycles. The summed E-state index contributed by atoms with van der Waals surface area (Å²) in [5, 5.41) is 26.1. The summed E-state index contributed by atoms with van der Waals surface area (Å²) in [5.74, 6) is 7.25. The molecule has 0 fully saturated rings. The molecule has 0 aliphatic heterocycles. The van der Waals surface area contributed by atoms with Gasteiger partial charge < -0.3 is 5.73 Å². The van der Waals surface area contributed by atoms with Crippen molar-refractivity contribution < 1.29 is 0 Å². The number of nitrogens with two attached hydrogens (primary N) is 1. The van der Waals surface area contributed by atoms with Gasteiger partial charge in [0.2, 0.25) is 0 Å². The van der Waals surface area contributed by atoms with E-state index in [0.29, 0.717) is 11.1 Å². The molecule has 0 bridgehead atoms. The number of benzene rings is 7. The molecular weight excluding hydrogens is 707 g/mol. The van der Waals surface area contributed by atoms with Crippen molar-refractivity contribution in [2.45, 2.75) is 24.2 Å². The van der Waals surface area contributed by atoms with Gasteiger partial charge in [0.1, 0.15) is 0 Å². The molecule has 0 aliphatic carbocycles. The smallest absolute Gasteiger partial charge is 0.0195 e. The minimum Gasteiger partial charge on any atom is -0.333 e. The zero-order valence-corrected chi connectivity index (χ0v) is 33.0. The summed E-state index contributed by atoms with van der Waals surface area (Å²) >= 11 is -2.03. The second kappa shape index (κ2) is 15.6. The summed E-state index contributed by atoms with van der Waals surface area (Å²) in [5.41, 5.74) is 11.8. The van der Waals surface area contributed by atoms with Crippen molar-refractivity contribution in [2.75, 3.05) is 16.8 Å². The number of hydrogen-bond acceptors (Lipinski definition) is 5. The van der Waals surface area contributed by atoms with E-state index in [0.717, 1.165) is 50.3 Å². The quantitative estimate of drug-likeness (QED) is 0.0903. The fourth-order valence-corrected chi connectivity index (χ4v) is 9.44. The molecule has 0 aliphatic rings. The Hall–Kier alpha value is -6.12. The van der Waals surface area contributed by atoms with Crippen molar-refractivity contribution in [2.24, 2.45) is 5.73 Å². The minimum absolute atomic E-state index is 0.615. The maximum atomic E-state index is 9.57. The SMILES string of the molecule is C=C/C=C(\C=C/C)N(c1ccc(C#N)cc1)c1ccc2ccc3c(N(c4ccc(C#N)cc4)c4cc[c]([Ge]([CH3])([CH3])[CH3])cc4)ccc4ccc1c2c43.CN. The molecule has 0 radical (unpaired) electrons. The third-order valence-electron chi connectivity index (χ3n) is 9.49. The van der Waals surface area contributed by atoms with Gasteiger partial charge >= 0.3 is 214 Å². The first-order valence-corrected chi connectivity index (χ1v) is 25.0. The third-order valence-corrected chi connectivity index (χ3v) is 13.8. The molecule has 5 nitrogen and oxygen atoms in total. The Labute approximate surface area is 315 Å². The molecule has 0 heterocycles. The Bertz CT molecular complexity index is 2540. The molecule has 2 N–H and O–H groups in total. The maximum absolute atomic E-state index is 9.57. The van der Waals surface area contributed by atoms with E-state index in [-0.39, 0.29) is 0 Å². The van der Waals surface area contributed by atoms with Gasteiger partial charge in [-0.25, -0.2) is 0 Å². The van der Waals surface area contributed by atoms with Crippen LogP contribution in [0.5, 0.6) is 0 Å². The molecule has 0 saturated carbocycles. The third kappa shape index (κ3) is 7.06. The van der Waals surface area contributed by atoms with E-state index in [1.807, 2.05) is 73.7 Å². The van der Waals surface area contributed by atoms with Gasteiger partial charge in [0.25, 0.3) is 0 Å². The summed E-state index contributed by atoms with van der Waals surface area (Å²) in [6, 6.07) is 46.9. The zero-order chi connectivity index (χ0) is 37.7. The molecular formula is C47H43GeN5. The largest absolute Gasteiger partial charge is 0.333 e. The molecule has 7 aromatic rings. The molecule has 0 spiro atoms. The van der Waals surface area contributed by atoms with Gasteiger partial charge in [0, 0.05) is 11.4 Å². The van der Waals surface area contributed by atoms with Crippen molar-refractivity contribution >= 4 is 78.4 Å². The van der Waals surface area contributed by atoms with Crippen LogP contribution in [-0.4, -0.2) is 20.3 Å². The molecule has 7 rings (SSSR count). The monoisotopic (exact) mass is 751 g/mol. The standard InChI is InChI=1S/C46H38GeN4.CH5N/c1-6-8-37(9-7-2)50(38-20-10-32(30-48)11-21-38)43-28-16-34-15-27-42-44(29-17-35-14-26-41(43)45(34)46(35)42)51(39-22-12-33(31-49)13-23-39)40-24-18-36(19-25-40)47(3,4)5;1-2/h6-29H,1H2,2-5H3;2H2,1H3/b9-7-,37-8+;. The van der Waals surface area contributed by atoms with Gasteiger partial charge in [-0.2, -0.15) is 5.26 Å². The van der Waals surface area contributed by atoms with Crippen LogP contribution in [0.15, 0.2) is 158 Å². The van der Waals surface area contributed by atoms with E-state index in [4.69, 9.17) is 0 Å². The first-order valence-electron chi connectivity index (χ1n) is 17.7. The first kappa shape index (κ1) is 36.7. The van der Waals surface area contributed by atoms with Crippen LogP contribution in [0.1, 0.15) is 18.1 Å². The van der Waals surface area contributed by atoms with Crippen LogP contribution in [0, 0.1) is 22.7 Å². The normalized spacial score (nSPS) is 11.7. The fourth-order valence-electron chi connectivity index (χ4n) is 6.99. The van der Waals surface area contributed by atoms with Crippen LogP contribution in [0.2, 0.25) is 17.3 Å². The van der Waals surface area contributed by atoms with Crippen LogP contribution in [0.25, 0.3) is 32.3 Å². The average Bonchev–Trinajstić information content (AvgIpc) is 3.19. The predicted octanol–water partition coefficient (Wildman–Crippen LogP) is 11.7. The molecule has 0 amide bonds. The van der Waals surface area contributed by atoms with Crippen molar-refractivity contribution in [3.8, 4) is 12.1 Å². The predicted molar refractivity (Wildman–Crippen MR) is 229 cm³/mol. The van der Waals surface area contributed by atoms with Crippen LogP contribution in [0.4, 0.5) is 28.4 Å². The minimum atomic E-state index is -2.03. The van der Waals surface area contributed by atoms with Crippen molar-refractivity contribution in [3.05, 3.63) is 169 Å². The molecule has 0 atom stereocenters. The Balaban J connectivity index is 0.00000236. The van der Waals surface area contributed by atoms with Crippen LogP contribution >= 0.6 is 0 Å². The van der Waals surface area contributed by atoms with E-state index < -0.39 is 13.3 Å². The van der Waals surface area contributed by atoms with E-state index in [1.54, 1.807) is 0 Å². The van der Waals surface area contributed by atoms with E-state index in [2.05, 4.69) is 130 Å². The van der Waals surface area contributed by atoms with E-state index in [1.165, 1.54) is 27.6 Å². The summed E-state index contributed by atoms with van der Waals surface area (Å²) in [7, 11) is 1.50. The average molecular weight is 751 g/mol. The van der Waals surface area contributed by atoms with Crippen LogP contribution < -0.4 is 19.9 Å². The molecule has 53 heavy (non-hydrogen) atoms. The summed E-state index contributed by atoms with van der Waals surface area (Å²) in [6.07, 6.45) is 7.93. The number of nitrogens with zero attached hydrogens (tertiary/aromatic N) is 4. The first-order chi connectivity index (χ1) is 25.7. The Morgan fingerprint density at radius 1 is 0.623 bits per heavy atom. The van der Waals surface area contributed by atoms with Gasteiger partial charge in [0.05, 0.1) is 11.6 Å². The van der Waals surface area contributed by atoms with Crippen LogP contribution in [0.3, 0.4) is 0 Å². The zero-order valence-electron chi connectivity index (χ0n) is 30.9. The molecule has 260 valence electrons. The molecule has 6 heteroatoms. The van der Waals surface area contributed by atoms with Crippen molar-refractivity contribution in [1.29, 1.82) is 10.5 Å². The van der Waals surface area contributed by atoms with Gasteiger partial charge in [0.15, 0.2) is 0 Å². The second-order valence-corrected chi connectivity index (χ2v) is 24.4. The Kier molecular flexibility index (Phi) is 10.8. The van der Waals surface area contributed by atoms with Gasteiger partial charge in [-0.05, 0) is 50.4 Å². The molecule has 7 aromatic carbocycles. The maximum Gasteiger partial charge on any atom is -0.0195 e.